The van der Waals surface area contributed by atoms with Gasteiger partial charge in [0.1, 0.15) is 0 Å². The molecule has 0 saturated carbocycles. The highest BCUT2D eigenvalue weighted by atomic mass is 35.5. The van der Waals surface area contributed by atoms with E-state index in [2.05, 4.69) is 0 Å². The van der Waals surface area contributed by atoms with Gasteiger partial charge in [-0.05, 0) is 18.2 Å². The zero-order chi connectivity index (χ0) is 13.2. The van der Waals surface area contributed by atoms with Crippen LogP contribution in [0, 0.1) is 0 Å². The first-order valence-electron chi connectivity index (χ1n) is 4.42. The zero-order valence-corrected chi connectivity index (χ0v) is 10.8. The number of nitrogens with two attached hydrogens (primary N) is 1. The molecule has 8 heteroatoms. The number of sulfone groups is 1. The number of hydrogen-bond acceptors (Lipinski definition) is 4. The molecule has 0 saturated heterocycles. The summed E-state index contributed by atoms with van der Waals surface area (Å²) >= 11 is 11.4. The second-order valence-electron chi connectivity index (χ2n) is 3.18. The Kier molecular flexibility index (Phi) is 4.37. The van der Waals surface area contributed by atoms with Crippen molar-refractivity contribution < 1.29 is 18.3 Å². The topological polar surface area (TPSA) is 97.5 Å². The van der Waals surface area contributed by atoms with E-state index in [4.69, 9.17) is 34.0 Å². The highest BCUT2D eigenvalue weighted by molar-refractivity contribution is 7.93. The lowest BCUT2D eigenvalue weighted by molar-refractivity contribution is -0.136. The molecule has 0 spiro atoms. The van der Waals surface area contributed by atoms with Crippen LogP contribution in [-0.4, -0.2) is 31.3 Å². The standard InChI is InChI=1S/C9H9Cl2NO4S/c10-5-1-2-6(11)7(3-5)17(15,16)8(4-12)9(13)14/h1-3,8H,4,12H2,(H,13,14). The Morgan fingerprint density at radius 2 is 2.00 bits per heavy atom. The van der Waals surface area contributed by atoms with Crippen LogP contribution in [0.1, 0.15) is 0 Å². The summed E-state index contributed by atoms with van der Waals surface area (Å²) in [5.74, 6) is -1.52. The Morgan fingerprint density at radius 3 is 2.47 bits per heavy atom. The van der Waals surface area contributed by atoms with Crippen molar-refractivity contribution >= 4 is 39.0 Å². The maximum absolute atomic E-state index is 12.0. The van der Waals surface area contributed by atoms with Crippen LogP contribution in [0.25, 0.3) is 0 Å². The van der Waals surface area contributed by atoms with Crippen molar-refractivity contribution in [1.29, 1.82) is 0 Å². The highest BCUT2D eigenvalue weighted by Gasteiger charge is 2.34. The lowest BCUT2D eigenvalue weighted by Gasteiger charge is -2.12. The van der Waals surface area contributed by atoms with E-state index in [0.29, 0.717) is 0 Å². The minimum Gasteiger partial charge on any atom is -0.480 e. The molecule has 0 amide bonds. The highest BCUT2D eigenvalue weighted by Crippen LogP contribution is 2.27. The molecule has 0 radical (unpaired) electrons. The summed E-state index contributed by atoms with van der Waals surface area (Å²) in [5, 5.41) is 7.12. The fraction of sp³-hybridized carbons (Fsp3) is 0.222. The van der Waals surface area contributed by atoms with Gasteiger partial charge in [-0.15, -0.1) is 0 Å². The number of aliphatic carboxylic acids is 1. The maximum atomic E-state index is 12.0. The van der Waals surface area contributed by atoms with E-state index < -0.39 is 27.6 Å². The normalized spacial score (nSPS) is 13.4. The number of carbonyl (C=O) groups is 1. The van der Waals surface area contributed by atoms with E-state index in [1.54, 1.807) is 0 Å². The molecule has 0 bridgehead atoms. The van der Waals surface area contributed by atoms with Gasteiger partial charge in [-0.2, -0.15) is 0 Å². The van der Waals surface area contributed by atoms with E-state index in [9.17, 15) is 13.2 Å². The summed E-state index contributed by atoms with van der Waals surface area (Å²) in [5.41, 5.74) is 5.15. The van der Waals surface area contributed by atoms with Crippen LogP contribution in [0.3, 0.4) is 0 Å². The predicted molar refractivity (Wildman–Crippen MR) is 64.1 cm³/mol. The number of rotatable bonds is 4. The molecule has 1 aromatic carbocycles. The molecular weight excluding hydrogens is 289 g/mol. The zero-order valence-electron chi connectivity index (χ0n) is 8.43. The van der Waals surface area contributed by atoms with Crippen molar-refractivity contribution in [2.45, 2.75) is 10.1 Å². The van der Waals surface area contributed by atoms with Crippen LogP contribution in [0.5, 0.6) is 0 Å². The Hall–Kier alpha value is -0.820. The molecule has 17 heavy (non-hydrogen) atoms. The summed E-state index contributed by atoms with van der Waals surface area (Å²) in [6.07, 6.45) is 0. The predicted octanol–water partition coefficient (Wildman–Crippen LogP) is 1.18. The van der Waals surface area contributed by atoms with Crippen LogP contribution >= 0.6 is 23.2 Å². The molecule has 0 heterocycles. The molecule has 94 valence electrons. The second-order valence-corrected chi connectivity index (χ2v) is 6.12. The minimum absolute atomic E-state index is 0.0888. The summed E-state index contributed by atoms with van der Waals surface area (Å²) < 4.78 is 23.9. The molecule has 0 aliphatic heterocycles. The molecular formula is C9H9Cl2NO4S. The maximum Gasteiger partial charge on any atom is 0.323 e. The average molecular weight is 298 g/mol. The van der Waals surface area contributed by atoms with Gasteiger partial charge < -0.3 is 10.8 Å². The summed E-state index contributed by atoms with van der Waals surface area (Å²) in [4.78, 5) is 10.5. The molecule has 0 aromatic heterocycles. The van der Waals surface area contributed by atoms with Crippen LogP contribution in [0.2, 0.25) is 10.0 Å². The van der Waals surface area contributed by atoms with Crippen LogP contribution < -0.4 is 5.73 Å². The molecule has 0 aliphatic carbocycles. The second kappa shape index (κ2) is 5.22. The van der Waals surface area contributed by atoms with Crippen LogP contribution in [0.4, 0.5) is 0 Å². The van der Waals surface area contributed by atoms with Crippen molar-refractivity contribution in [3.63, 3.8) is 0 Å². The van der Waals surface area contributed by atoms with Crippen molar-refractivity contribution in [3.8, 4) is 0 Å². The van der Waals surface area contributed by atoms with E-state index in [-0.39, 0.29) is 14.9 Å². The Morgan fingerprint density at radius 1 is 1.41 bits per heavy atom. The molecule has 1 aromatic rings. The van der Waals surface area contributed by atoms with Gasteiger partial charge in [0.25, 0.3) is 0 Å². The molecule has 0 aliphatic rings. The first-order chi connectivity index (χ1) is 7.80. The average Bonchev–Trinajstić information content (AvgIpc) is 2.21. The summed E-state index contributed by atoms with van der Waals surface area (Å²) in [7, 11) is -4.14. The van der Waals surface area contributed by atoms with E-state index in [0.717, 1.165) is 6.07 Å². The van der Waals surface area contributed by atoms with E-state index >= 15 is 0 Å². The van der Waals surface area contributed by atoms with Gasteiger partial charge in [-0.1, -0.05) is 23.2 Å². The lowest BCUT2D eigenvalue weighted by Crippen LogP contribution is -2.37. The molecule has 1 atom stereocenters. The van der Waals surface area contributed by atoms with Gasteiger partial charge >= 0.3 is 5.97 Å². The van der Waals surface area contributed by atoms with Crippen molar-refractivity contribution in [2.75, 3.05) is 6.54 Å². The van der Waals surface area contributed by atoms with Gasteiger partial charge in [0.05, 0.1) is 9.92 Å². The van der Waals surface area contributed by atoms with E-state index in [1.807, 2.05) is 0 Å². The van der Waals surface area contributed by atoms with Crippen molar-refractivity contribution in [3.05, 3.63) is 28.2 Å². The smallest absolute Gasteiger partial charge is 0.323 e. The van der Waals surface area contributed by atoms with Crippen LogP contribution in [-0.2, 0) is 14.6 Å². The third-order valence-corrected chi connectivity index (χ3v) is 4.83. The Labute approximate surface area is 108 Å². The number of hydrogen-bond donors (Lipinski definition) is 2. The fourth-order valence-electron chi connectivity index (χ4n) is 1.21. The van der Waals surface area contributed by atoms with Gasteiger partial charge in [0.2, 0.25) is 0 Å². The van der Waals surface area contributed by atoms with Crippen molar-refractivity contribution in [2.24, 2.45) is 5.73 Å². The Bertz CT molecular complexity index is 544. The minimum atomic E-state index is -4.14. The van der Waals surface area contributed by atoms with Gasteiger partial charge in [0.15, 0.2) is 15.1 Å². The number of carboxylic acids is 1. The Balaban J connectivity index is 3.40. The van der Waals surface area contributed by atoms with Gasteiger partial charge in [-0.3, -0.25) is 4.79 Å². The largest absolute Gasteiger partial charge is 0.480 e. The summed E-state index contributed by atoms with van der Waals surface area (Å²) in [6.45, 7) is -0.541. The summed E-state index contributed by atoms with van der Waals surface area (Å²) in [6, 6.07) is 3.79. The first-order valence-corrected chi connectivity index (χ1v) is 6.72. The monoisotopic (exact) mass is 297 g/mol. The number of benzene rings is 1. The molecule has 0 fully saturated rings. The lowest BCUT2D eigenvalue weighted by atomic mass is 10.4. The molecule has 3 N–H and O–H groups in total. The van der Waals surface area contributed by atoms with Crippen LogP contribution in [0.15, 0.2) is 23.1 Å². The third kappa shape index (κ3) is 2.90. The molecule has 1 rings (SSSR count). The number of carboxylic acid groups (broad SMARTS) is 1. The van der Waals surface area contributed by atoms with Crippen molar-refractivity contribution in [1.82, 2.24) is 0 Å². The van der Waals surface area contributed by atoms with Gasteiger partial charge in [-0.25, -0.2) is 8.42 Å². The molecule has 1 unspecified atom stereocenters. The SMILES string of the molecule is NCC(C(=O)O)S(=O)(=O)c1cc(Cl)ccc1Cl. The molecule has 5 nitrogen and oxygen atoms in total. The third-order valence-electron chi connectivity index (χ3n) is 2.06. The number of halogens is 2. The fourth-order valence-corrected chi connectivity index (χ4v) is 3.34. The van der Waals surface area contributed by atoms with Gasteiger partial charge in [0, 0.05) is 11.6 Å². The quantitative estimate of drug-likeness (QED) is 0.870. The van der Waals surface area contributed by atoms with E-state index in [1.165, 1.54) is 12.1 Å². The first kappa shape index (κ1) is 14.2.